The van der Waals surface area contributed by atoms with Crippen molar-refractivity contribution in [3.63, 3.8) is 0 Å². The van der Waals surface area contributed by atoms with E-state index in [1.165, 1.54) is 0 Å². The van der Waals surface area contributed by atoms with Crippen molar-refractivity contribution < 1.29 is 9.47 Å². The van der Waals surface area contributed by atoms with Crippen LogP contribution in [0.3, 0.4) is 0 Å². The molecular weight excluding hydrogens is 380 g/mol. The second-order valence-corrected chi connectivity index (χ2v) is 6.48. The van der Waals surface area contributed by atoms with E-state index >= 15 is 0 Å². The van der Waals surface area contributed by atoms with E-state index in [0.717, 1.165) is 39.8 Å². The smallest absolute Gasteiger partial charge is 0.219 e. The number of nitrogens with one attached hydrogen (secondary N) is 1. The predicted octanol–water partition coefficient (Wildman–Crippen LogP) is 6.01. The van der Waals surface area contributed by atoms with Crippen molar-refractivity contribution in [1.82, 2.24) is 4.98 Å². The minimum atomic E-state index is 0.562. The van der Waals surface area contributed by atoms with E-state index in [-0.39, 0.29) is 0 Å². The van der Waals surface area contributed by atoms with Crippen LogP contribution in [-0.4, -0.2) is 18.1 Å². The molecule has 0 spiro atoms. The number of benzene rings is 2. The summed E-state index contributed by atoms with van der Waals surface area (Å²) < 4.78 is 12.4. The van der Waals surface area contributed by atoms with Gasteiger partial charge in [0.15, 0.2) is 0 Å². The summed E-state index contributed by atoms with van der Waals surface area (Å²) >= 11 is 3.53. The number of fused-ring (bicyclic) bond motifs is 1. The lowest BCUT2D eigenvalue weighted by atomic mass is 10.2. The number of aromatic nitrogens is 1. The molecule has 2 aromatic carbocycles. The van der Waals surface area contributed by atoms with E-state index in [9.17, 15) is 0 Å². The van der Waals surface area contributed by atoms with Crippen LogP contribution in [0, 0.1) is 0 Å². The van der Waals surface area contributed by atoms with E-state index in [4.69, 9.17) is 9.47 Å². The van der Waals surface area contributed by atoms with Crippen molar-refractivity contribution in [2.45, 2.75) is 20.3 Å². The Balaban J connectivity index is 1.79. The lowest BCUT2D eigenvalue weighted by Gasteiger charge is -2.10. The summed E-state index contributed by atoms with van der Waals surface area (Å²) in [5.41, 5.74) is 1.99. The summed E-state index contributed by atoms with van der Waals surface area (Å²) in [6.45, 7) is 5.76. The molecule has 3 aromatic rings. The maximum absolute atomic E-state index is 5.93. The summed E-state index contributed by atoms with van der Waals surface area (Å²) in [6, 6.07) is 15.7. The van der Waals surface area contributed by atoms with Crippen molar-refractivity contribution in [3.05, 3.63) is 53.0 Å². The van der Waals surface area contributed by atoms with Gasteiger partial charge in [-0.15, -0.1) is 0 Å². The fourth-order valence-electron chi connectivity index (χ4n) is 2.46. The molecule has 0 aliphatic rings. The molecule has 130 valence electrons. The minimum absolute atomic E-state index is 0.562. The lowest BCUT2D eigenvalue weighted by molar-refractivity contribution is 0.316. The van der Waals surface area contributed by atoms with Gasteiger partial charge in [-0.3, -0.25) is 0 Å². The van der Waals surface area contributed by atoms with Gasteiger partial charge in [0.05, 0.1) is 16.6 Å². The largest absolute Gasteiger partial charge is 0.494 e. The first kappa shape index (κ1) is 17.5. The standard InChI is InChI=1S/C20H21BrN2O2/c1-3-11-24-16-7-9-19(17(21)13-16)25-20-10-5-14-12-15(22-4-2)6-8-18(14)23-20/h5-10,12-13,22H,3-4,11H2,1-2H3. The zero-order valence-corrected chi connectivity index (χ0v) is 16.0. The zero-order valence-electron chi connectivity index (χ0n) is 14.4. The number of halogens is 1. The Morgan fingerprint density at radius 2 is 1.92 bits per heavy atom. The van der Waals surface area contributed by atoms with Gasteiger partial charge in [0.1, 0.15) is 11.5 Å². The highest BCUT2D eigenvalue weighted by Crippen LogP contribution is 2.33. The Morgan fingerprint density at radius 1 is 1.04 bits per heavy atom. The number of rotatable bonds is 7. The highest BCUT2D eigenvalue weighted by Gasteiger charge is 2.07. The molecule has 0 aliphatic carbocycles. The molecule has 0 saturated carbocycles. The molecule has 1 heterocycles. The maximum Gasteiger partial charge on any atom is 0.219 e. The van der Waals surface area contributed by atoms with Gasteiger partial charge < -0.3 is 14.8 Å². The van der Waals surface area contributed by atoms with Crippen LogP contribution in [0.4, 0.5) is 5.69 Å². The van der Waals surface area contributed by atoms with Crippen LogP contribution in [0.15, 0.2) is 53.0 Å². The first-order chi connectivity index (χ1) is 12.2. The van der Waals surface area contributed by atoms with E-state index in [2.05, 4.69) is 46.1 Å². The fourth-order valence-corrected chi connectivity index (χ4v) is 2.90. The highest BCUT2D eigenvalue weighted by molar-refractivity contribution is 9.10. The minimum Gasteiger partial charge on any atom is -0.494 e. The SMILES string of the molecule is CCCOc1ccc(Oc2ccc3cc(NCC)ccc3n2)c(Br)c1. The number of anilines is 1. The molecule has 25 heavy (non-hydrogen) atoms. The molecule has 1 N–H and O–H groups in total. The second kappa shape index (κ2) is 8.21. The zero-order chi connectivity index (χ0) is 17.6. The van der Waals surface area contributed by atoms with Crippen molar-refractivity contribution in [3.8, 4) is 17.4 Å². The molecule has 0 unspecified atom stereocenters. The van der Waals surface area contributed by atoms with Gasteiger partial charge in [-0.25, -0.2) is 4.98 Å². The number of hydrogen-bond donors (Lipinski definition) is 1. The van der Waals surface area contributed by atoms with Gasteiger partial charge in [0, 0.05) is 23.7 Å². The van der Waals surface area contributed by atoms with Gasteiger partial charge in [-0.1, -0.05) is 6.92 Å². The molecule has 0 saturated heterocycles. The average molecular weight is 401 g/mol. The third-order valence-electron chi connectivity index (χ3n) is 3.64. The van der Waals surface area contributed by atoms with Gasteiger partial charge in [0.25, 0.3) is 0 Å². The number of pyridine rings is 1. The summed E-state index contributed by atoms with van der Waals surface area (Å²) in [5, 5.41) is 4.38. The third kappa shape index (κ3) is 4.42. The van der Waals surface area contributed by atoms with Crippen LogP contribution in [0.5, 0.6) is 17.4 Å². The quantitative estimate of drug-likeness (QED) is 0.527. The summed E-state index contributed by atoms with van der Waals surface area (Å²) in [4.78, 5) is 4.58. The molecule has 0 radical (unpaired) electrons. The molecular formula is C20H21BrN2O2. The fraction of sp³-hybridized carbons (Fsp3) is 0.250. The van der Waals surface area contributed by atoms with Crippen LogP contribution in [0.1, 0.15) is 20.3 Å². The number of hydrogen-bond acceptors (Lipinski definition) is 4. The third-order valence-corrected chi connectivity index (χ3v) is 4.25. The van der Waals surface area contributed by atoms with Crippen LogP contribution in [0.2, 0.25) is 0 Å². The Bertz CT molecular complexity index is 867. The molecule has 0 aliphatic heterocycles. The van der Waals surface area contributed by atoms with Gasteiger partial charge in [-0.2, -0.15) is 0 Å². The van der Waals surface area contributed by atoms with Crippen LogP contribution >= 0.6 is 15.9 Å². The Hall–Kier alpha value is -2.27. The van der Waals surface area contributed by atoms with Crippen molar-refractivity contribution in [1.29, 1.82) is 0 Å². The van der Waals surface area contributed by atoms with E-state index in [0.29, 0.717) is 18.2 Å². The molecule has 5 heteroatoms. The normalized spacial score (nSPS) is 10.7. The summed E-state index contributed by atoms with van der Waals surface area (Å²) in [7, 11) is 0. The maximum atomic E-state index is 5.93. The van der Waals surface area contributed by atoms with Gasteiger partial charge in [-0.05, 0) is 71.7 Å². The van der Waals surface area contributed by atoms with E-state index in [1.807, 2.05) is 42.5 Å². The molecule has 3 rings (SSSR count). The highest BCUT2D eigenvalue weighted by atomic mass is 79.9. The monoisotopic (exact) mass is 400 g/mol. The van der Waals surface area contributed by atoms with Gasteiger partial charge in [0.2, 0.25) is 5.88 Å². The topological polar surface area (TPSA) is 43.4 Å². The van der Waals surface area contributed by atoms with Crippen molar-refractivity contribution in [2.75, 3.05) is 18.5 Å². The Morgan fingerprint density at radius 3 is 2.68 bits per heavy atom. The second-order valence-electron chi connectivity index (χ2n) is 5.63. The summed E-state index contributed by atoms with van der Waals surface area (Å²) in [5.74, 6) is 2.09. The molecule has 0 amide bonds. The molecule has 0 bridgehead atoms. The van der Waals surface area contributed by atoms with Gasteiger partial charge >= 0.3 is 0 Å². The van der Waals surface area contributed by atoms with Crippen LogP contribution in [0.25, 0.3) is 10.9 Å². The van der Waals surface area contributed by atoms with E-state index < -0.39 is 0 Å². The molecule has 0 atom stereocenters. The molecule has 1 aromatic heterocycles. The summed E-state index contributed by atoms with van der Waals surface area (Å²) in [6.07, 6.45) is 0.979. The lowest BCUT2D eigenvalue weighted by Crippen LogP contribution is -1.96. The number of nitrogens with zero attached hydrogens (tertiary/aromatic N) is 1. The first-order valence-corrected chi connectivity index (χ1v) is 9.23. The predicted molar refractivity (Wildman–Crippen MR) is 106 cm³/mol. The van der Waals surface area contributed by atoms with Crippen molar-refractivity contribution >= 4 is 32.5 Å². The molecule has 0 fully saturated rings. The van der Waals surface area contributed by atoms with Crippen LogP contribution in [-0.2, 0) is 0 Å². The van der Waals surface area contributed by atoms with E-state index in [1.54, 1.807) is 0 Å². The number of ether oxygens (including phenoxy) is 2. The molecule has 4 nitrogen and oxygen atoms in total. The Kier molecular flexibility index (Phi) is 5.76. The average Bonchev–Trinajstić information content (AvgIpc) is 2.62. The van der Waals surface area contributed by atoms with Crippen LogP contribution < -0.4 is 14.8 Å². The Labute approximate surface area is 156 Å². The first-order valence-electron chi connectivity index (χ1n) is 8.44. The van der Waals surface area contributed by atoms with Crippen molar-refractivity contribution in [2.24, 2.45) is 0 Å².